The lowest BCUT2D eigenvalue weighted by atomic mass is 10.0. The molecule has 0 aliphatic rings. The third kappa shape index (κ3) is 4.27. The van der Waals surface area contributed by atoms with Crippen LogP contribution in [0.15, 0.2) is 12.1 Å². The summed E-state index contributed by atoms with van der Waals surface area (Å²) in [4.78, 5) is 14.6. The molecule has 1 aromatic rings. The van der Waals surface area contributed by atoms with Gasteiger partial charge in [-0.25, -0.2) is 0 Å². The Balaban J connectivity index is 3.07. The smallest absolute Gasteiger partial charge is 0.257 e. The van der Waals surface area contributed by atoms with Crippen LogP contribution in [0.2, 0.25) is 5.02 Å². The lowest BCUT2D eigenvalue weighted by molar-refractivity contribution is 0.0731. The number of methoxy groups -OCH3 is 1. The molecule has 0 fully saturated rings. The Kier molecular flexibility index (Phi) is 6.82. The highest BCUT2D eigenvalue weighted by Crippen LogP contribution is 2.30. The van der Waals surface area contributed by atoms with Gasteiger partial charge in [-0.1, -0.05) is 38.3 Å². The fourth-order valence-corrected chi connectivity index (χ4v) is 2.45. The molecule has 1 aromatic carbocycles. The molecule has 0 aromatic heterocycles. The number of nitrogens with zero attached hydrogens (tertiary/aromatic N) is 1. The van der Waals surface area contributed by atoms with E-state index < -0.39 is 0 Å². The van der Waals surface area contributed by atoms with Crippen molar-refractivity contribution in [2.75, 3.05) is 25.9 Å². The Morgan fingerprint density at radius 3 is 2.43 bits per heavy atom. The number of hydrogen-bond donors (Lipinski definition) is 1. The fourth-order valence-electron chi connectivity index (χ4n) is 2.29. The molecule has 0 aliphatic carbocycles. The summed E-state index contributed by atoms with van der Waals surface area (Å²) >= 11 is 6.04. The van der Waals surface area contributed by atoms with Crippen LogP contribution >= 0.6 is 11.6 Å². The number of anilines is 1. The van der Waals surface area contributed by atoms with Crippen LogP contribution in [0.1, 0.15) is 44.0 Å². The zero-order valence-corrected chi connectivity index (χ0v) is 14.0. The number of benzene rings is 1. The lowest BCUT2D eigenvalue weighted by Gasteiger charge is -2.26. The van der Waals surface area contributed by atoms with E-state index in [1.807, 2.05) is 11.8 Å². The Labute approximate surface area is 132 Å². The van der Waals surface area contributed by atoms with E-state index in [-0.39, 0.29) is 5.91 Å². The number of rotatable bonds is 7. The first-order chi connectivity index (χ1) is 9.98. The summed E-state index contributed by atoms with van der Waals surface area (Å²) in [6.07, 6.45) is 2.11. The maximum Gasteiger partial charge on any atom is 0.257 e. The minimum Gasteiger partial charge on any atom is -0.496 e. The van der Waals surface area contributed by atoms with Crippen LogP contribution in [-0.2, 0) is 0 Å². The average molecular weight is 313 g/mol. The first-order valence-corrected chi connectivity index (χ1v) is 7.78. The van der Waals surface area contributed by atoms with E-state index in [1.54, 1.807) is 12.1 Å². The highest BCUT2D eigenvalue weighted by molar-refractivity contribution is 6.33. The quantitative estimate of drug-likeness (QED) is 0.778. The van der Waals surface area contributed by atoms with Crippen molar-refractivity contribution in [3.63, 3.8) is 0 Å². The molecule has 0 heterocycles. The zero-order chi connectivity index (χ0) is 16.0. The van der Waals surface area contributed by atoms with E-state index in [9.17, 15) is 4.79 Å². The molecule has 0 aliphatic heterocycles. The topological polar surface area (TPSA) is 55.6 Å². The number of ether oxygens (including phenoxy) is 1. The Hall–Kier alpha value is -1.42. The van der Waals surface area contributed by atoms with Crippen LogP contribution in [0.5, 0.6) is 5.75 Å². The minimum absolute atomic E-state index is 0.0665. The molecule has 0 atom stereocenters. The van der Waals surface area contributed by atoms with Crippen molar-refractivity contribution in [1.29, 1.82) is 0 Å². The number of halogens is 1. The number of nitrogen functional groups attached to an aromatic ring is 1. The van der Waals surface area contributed by atoms with Gasteiger partial charge in [-0.2, -0.15) is 0 Å². The van der Waals surface area contributed by atoms with Gasteiger partial charge in [0.05, 0.1) is 23.4 Å². The molecule has 118 valence electrons. The summed E-state index contributed by atoms with van der Waals surface area (Å²) < 4.78 is 5.27. The predicted molar refractivity (Wildman–Crippen MR) is 88.1 cm³/mol. The van der Waals surface area contributed by atoms with Crippen molar-refractivity contribution in [3.05, 3.63) is 22.7 Å². The van der Waals surface area contributed by atoms with Crippen molar-refractivity contribution < 1.29 is 9.53 Å². The molecule has 2 N–H and O–H groups in total. The minimum atomic E-state index is -0.0665. The molecular formula is C16H25ClN2O2. The standard InChI is InChI=1S/C16H25ClN2O2/c1-5-11(6-2)10-19(7-3)16(20)12-8-13(17)14(18)9-15(12)21-4/h8-9,11H,5-7,10,18H2,1-4H3. The van der Waals surface area contributed by atoms with Gasteiger partial charge < -0.3 is 15.4 Å². The van der Waals surface area contributed by atoms with E-state index >= 15 is 0 Å². The molecule has 4 nitrogen and oxygen atoms in total. The van der Waals surface area contributed by atoms with E-state index in [4.69, 9.17) is 22.1 Å². The van der Waals surface area contributed by atoms with Crippen LogP contribution in [-0.4, -0.2) is 31.0 Å². The summed E-state index contributed by atoms with van der Waals surface area (Å²) in [5, 5.41) is 0.373. The second-order valence-corrected chi connectivity index (χ2v) is 5.51. The maximum atomic E-state index is 12.7. The van der Waals surface area contributed by atoms with E-state index in [0.29, 0.717) is 34.5 Å². The van der Waals surface area contributed by atoms with Gasteiger partial charge >= 0.3 is 0 Å². The summed E-state index contributed by atoms with van der Waals surface area (Å²) in [6, 6.07) is 3.19. The summed E-state index contributed by atoms with van der Waals surface area (Å²) in [6.45, 7) is 7.67. The van der Waals surface area contributed by atoms with Crippen LogP contribution in [0.4, 0.5) is 5.69 Å². The van der Waals surface area contributed by atoms with E-state index in [0.717, 1.165) is 19.4 Å². The first-order valence-electron chi connectivity index (χ1n) is 7.40. The largest absolute Gasteiger partial charge is 0.496 e. The second-order valence-electron chi connectivity index (χ2n) is 5.10. The SMILES string of the molecule is CCC(CC)CN(CC)C(=O)c1cc(Cl)c(N)cc1OC. The third-order valence-corrected chi connectivity index (χ3v) is 4.18. The molecule has 0 bridgehead atoms. The van der Waals surface area contributed by atoms with Gasteiger partial charge in [0.2, 0.25) is 0 Å². The van der Waals surface area contributed by atoms with Gasteiger partial charge in [0.15, 0.2) is 0 Å². The van der Waals surface area contributed by atoms with Crippen molar-refractivity contribution in [3.8, 4) is 5.75 Å². The average Bonchev–Trinajstić information content (AvgIpc) is 2.50. The summed E-state index contributed by atoms with van der Waals surface area (Å²) in [7, 11) is 1.52. The Morgan fingerprint density at radius 1 is 1.33 bits per heavy atom. The molecule has 0 saturated carbocycles. The van der Waals surface area contributed by atoms with Crippen molar-refractivity contribution in [2.45, 2.75) is 33.6 Å². The Morgan fingerprint density at radius 2 is 1.95 bits per heavy atom. The van der Waals surface area contributed by atoms with Gasteiger partial charge in [-0.05, 0) is 18.9 Å². The van der Waals surface area contributed by atoms with Crippen molar-refractivity contribution >= 4 is 23.2 Å². The van der Waals surface area contributed by atoms with Gasteiger partial charge in [0.25, 0.3) is 5.91 Å². The normalized spacial score (nSPS) is 10.8. The van der Waals surface area contributed by atoms with Crippen molar-refractivity contribution in [2.24, 2.45) is 5.92 Å². The molecule has 5 heteroatoms. The monoisotopic (exact) mass is 312 g/mol. The van der Waals surface area contributed by atoms with Crippen LogP contribution in [0.3, 0.4) is 0 Å². The molecule has 0 radical (unpaired) electrons. The van der Waals surface area contributed by atoms with Gasteiger partial charge in [-0.15, -0.1) is 0 Å². The van der Waals surface area contributed by atoms with Crippen molar-refractivity contribution in [1.82, 2.24) is 4.90 Å². The molecule has 1 rings (SSSR count). The van der Waals surface area contributed by atoms with Gasteiger partial charge in [-0.3, -0.25) is 4.79 Å². The number of carbonyl (C=O) groups is 1. The molecule has 21 heavy (non-hydrogen) atoms. The maximum absolute atomic E-state index is 12.7. The second kappa shape index (κ2) is 8.13. The number of amides is 1. The summed E-state index contributed by atoms with van der Waals surface area (Å²) in [5.41, 5.74) is 6.63. The van der Waals surface area contributed by atoms with Gasteiger partial charge in [0.1, 0.15) is 5.75 Å². The highest BCUT2D eigenvalue weighted by Gasteiger charge is 2.21. The summed E-state index contributed by atoms with van der Waals surface area (Å²) in [5.74, 6) is 0.900. The third-order valence-electron chi connectivity index (χ3n) is 3.85. The molecule has 0 spiro atoms. The molecule has 1 amide bonds. The molecule has 0 saturated heterocycles. The van der Waals surface area contributed by atoms with Crippen LogP contribution < -0.4 is 10.5 Å². The molecular weight excluding hydrogens is 288 g/mol. The number of nitrogens with two attached hydrogens (primary N) is 1. The first kappa shape index (κ1) is 17.6. The number of hydrogen-bond acceptors (Lipinski definition) is 3. The zero-order valence-electron chi connectivity index (χ0n) is 13.3. The predicted octanol–water partition coefficient (Wildman–Crippen LogP) is 3.83. The fraction of sp³-hybridized carbons (Fsp3) is 0.562. The van der Waals surface area contributed by atoms with E-state index in [2.05, 4.69) is 13.8 Å². The lowest BCUT2D eigenvalue weighted by Crippen LogP contribution is -2.35. The highest BCUT2D eigenvalue weighted by atomic mass is 35.5. The van der Waals surface area contributed by atoms with Gasteiger partial charge in [0, 0.05) is 19.2 Å². The van der Waals surface area contributed by atoms with Crippen LogP contribution in [0, 0.1) is 5.92 Å². The molecule has 0 unspecified atom stereocenters. The van der Waals surface area contributed by atoms with Crippen LogP contribution in [0.25, 0.3) is 0 Å². The number of carbonyl (C=O) groups excluding carboxylic acids is 1. The Bertz CT molecular complexity index is 487. The van der Waals surface area contributed by atoms with E-state index in [1.165, 1.54) is 7.11 Å².